The summed E-state index contributed by atoms with van der Waals surface area (Å²) in [7, 11) is 1.68. The van der Waals surface area contributed by atoms with Crippen LogP contribution in [0, 0.1) is 0 Å². The van der Waals surface area contributed by atoms with E-state index in [9.17, 15) is 0 Å². The summed E-state index contributed by atoms with van der Waals surface area (Å²) in [5, 5.41) is 10.6. The van der Waals surface area contributed by atoms with Gasteiger partial charge in [0.25, 0.3) is 0 Å². The molecule has 1 rings (SSSR count). The Labute approximate surface area is 164 Å². The molecular formula is C14H24Cl2IN5O. The van der Waals surface area contributed by atoms with Crippen molar-refractivity contribution in [1.29, 1.82) is 0 Å². The molecule has 0 amide bonds. The van der Waals surface area contributed by atoms with E-state index in [1.807, 2.05) is 13.8 Å². The fourth-order valence-corrected chi connectivity index (χ4v) is 2.18. The Balaban J connectivity index is 0.00000484. The van der Waals surface area contributed by atoms with E-state index in [1.165, 1.54) is 0 Å². The highest BCUT2D eigenvalue weighted by molar-refractivity contribution is 14.0. The number of nitrogens with one attached hydrogen (secondary N) is 3. The Morgan fingerprint density at radius 3 is 2.78 bits per heavy atom. The molecule has 6 nitrogen and oxygen atoms in total. The molecule has 3 N–H and O–H groups in total. The first kappa shape index (κ1) is 22.5. The standard InChI is InChI=1S/C14H23Cl2N5O.HI/c1-4-17-14(21-10(2)9-22-3)19-6-5-18-13-12(16)7-11(15)8-20-13;/h7-8,10H,4-6,9H2,1-3H3,(H,18,20)(H2,17,19,21);1H. The number of halogens is 3. The van der Waals surface area contributed by atoms with Crippen LogP contribution < -0.4 is 16.0 Å². The average molecular weight is 476 g/mol. The number of hydrogen-bond acceptors (Lipinski definition) is 4. The molecule has 1 aromatic rings. The lowest BCUT2D eigenvalue weighted by molar-refractivity contribution is 0.179. The zero-order valence-electron chi connectivity index (χ0n) is 13.5. The lowest BCUT2D eigenvalue weighted by Gasteiger charge is -2.17. The van der Waals surface area contributed by atoms with Crippen molar-refractivity contribution >= 4 is 59.0 Å². The summed E-state index contributed by atoms with van der Waals surface area (Å²) in [6.07, 6.45) is 1.55. The normalized spacial score (nSPS) is 12.3. The highest BCUT2D eigenvalue weighted by Gasteiger charge is 2.04. The zero-order chi connectivity index (χ0) is 16.4. The quantitative estimate of drug-likeness (QED) is 0.233. The smallest absolute Gasteiger partial charge is 0.191 e. The van der Waals surface area contributed by atoms with Crippen molar-refractivity contribution in [3.05, 3.63) is 22.3 Å². The van der Waals surface area contributed by atoms with E-state index in [-0.39, 0.29) is 30.0 Å². The molecule has 9 heteroatoms. The summed E-state index contributed by atoms with van der Waals surface area (Å²) >= 11 is 11.8. The molecule has 0 saturated heterocycles. The van der Waals surface area contributed by atoms with Crippen molar-refractivity contribution in [3.63, 3.8) is 0 Å². The molecule has 0 aliphatic carbocycles. The highest BCUT2D eigenvalue weighted by Crippen LogP contribution is 2.21. The van der Waals surface area contributed by atoms with Crippen LogP contribution in [0.3, 0.4) is 0 Å². The minimum atomic E-state index is 0. The van der Waals surface area contributed by atoms with Gasteiger partial charge in [-0.25, -0.2) is 4.98 Å². The molecule has 0 aliphatic rings. The van der Waals surface area contributed by atoms with Crippen LogP contribution >= 0.6 is 47.2 Å². The van der Waals surface area contributed by atoms with Crippen molar-refractivity contribution in [1.82, 2.24) is 15.6 Å². The van der Waals surface area contributed by atoms with Gasteiger partial charge in [0.1, 0.15) is 5.82 Å². The first-order valence-corrected chi connectivity index (χ1v) is 7.91. The van der Waals surface area contributed by atoms with Crippen molar-refractivity contribution in [2.24, 2.45) is 4.99 Å². The van der Waals surface area contributed by atoms with Crippen LogP contribution in [0.2, 0.25) is 10.0 Å². The van der Waals surface area contributed by atoms with Crippen LogP contribution in [-0.2, 0) is 4.74 Å². The Morgan fingerprint density at radius 1 is 1.43 bits per heavy atom. The molecule has 23 heavy (non-hydrogen) atoms. The molecule has 0 fully saturated rings. The highest BCUT2D eigenvalue weighted by atomic mass is 127. The third-order valence-corrected chi connectivity index (χ3v) is 3.12. The predicted molar refractivity (Wildman–Crippen MR) is 109 cm³/mol. The van der Waals surface area contributed by atoms with Gasteiger partial charge in [-0.1, -0.05) is 23.2 Å². The van der Waals surface area contributed by atoms with Crippen LogP contribution in [-0.4, -0.2) is 50.3 Å². The molecular weight excluding hydrogens is 452 g/mol. The minimum absolute atomic E-state index is 0. The van der Waals surface area contributed by atoms with E-state index >= 15 is 0 Å². The monoisotopic (exact) mass is 475 g/mol. The molecule has 0 radical (unpaired) electrons. The van der Waals surface area contributed by atoms with Gasteiger partial charge < -0.3 is 20.7 Å². The van der Waals surface area contributed by atoms with Crippen LogP contribution in [0.5, 0.6) is 0 Å². The van der Waals surface area contributed by atoms with Gasteiger partial charge in [0.05, 0.1) is 23.2 Å². The van der Waals surface area contributed by atoms with Gasteiger partial charge in [-0.05, 0) is 19.9 Å². The van der Waals surface area contributed by atoms with Crippen LogP contribution in [0.4, 0.5) is 5.82 Å². The Bertz CT molecular complexity index is 490. The van der Waals surface area contributed by atoms with E-state index < -0.39 is 0 Å². The first-order chi connectivity index (χ1) is 10.6. The van der Waals surface area contributed by atoms with Crippen LogP contribution in [0.1, 0.15) is 13.8 Å². The molecule has 1 unspecified atom stereocenters. The van der Waals surface area contributed by atoms with E-state index in [1.54, 1.807) is 19.4 Å². The van der Waals surface area contributed by atoms with Gasteiger partial charge >= 0.3 is 0 Å². The van der Waals surface area contributed by atoms with E-state index in [0.717, 1.165) is 12.5 Å². The molecule has 132 valence electrons. The summed E-state index contributed by atoms with van der Waals surface area (Å²) in [4.78, 5) is 8.61. The topological polar surface area (TPSA) is 70.6 Å². The van der Waals surface area contributed by atoms with Crippen molar-refractivity contribution in [3.8, 4) is 0 Å². The molecule has 1 atom stereocenters. The maximum Gasteiger partial charge on any atom is 0.191 e. The Kier molecular flexibility index (Phi) is 12.6. The number of anilines is 1. The van der Waals surface area contributed by atoms with Gasteiger partial charge in [0, 0.05) is 32.4 Å². The number of hydrogen-bond donors (Lipinski definition) is 3. The van der Waals surface area contributed by atoms with Crippen molar-refractivity contribution in [2.75, 3.05) is 38.7 Å². The molecule has 0 aromatic carbocycles. The first-order valence-electron chi connectivity index (χ1n) is 7.15. The SMILES string of the molecule is CCNC(=NCCNc1ncc(Cl)cc1Cl)NC(C)COC.I. The summed E-state index contributed by atoms with van der Waals surface area (Å²) in [5.41, 5.74) is 0. The molecule has 0 spiro atoms. The summed E-state index contributed by atoms with van der Waals surface area (Å²) in [6.45, 7) is 6.66. The zero-order valence-corrected chi connectivity index (χ0v) is 17.4. The van der Waals surface area contributed by atoms with Crippen molar-refractivity contribution < 1.29 is 4.74 Å². The second kappa shape index (κ2) is 12.9. The lowest BCUT2D eigenvalue weighted by atomic mass is 10.4. The molecule has 1 aromatic heterocycles. The third kappa shape index (κ3) is 9.39. The Morgan fingerprint density at radius 2 is 2.17 bits per heavy atom. The van der Waals surface area contributed by atoms with Crippen LogP contribution in [0.15, 0.2) is 17.3 Å². The number of nitrogens with zero attached hydrogens (tertiary/aromatic N) is 2. The van der Waals surface area contributed by atoms with E-state index in [4.69, 9.17) is 27.9 Å². The fourth-order valence-electron chi connectivity index (χ4n) is 1.73. The van der Waals surface area contributed by atoms with Crippen molar-refractivity contribution in [2.45, 2.75) is 19.9 Å². The minimum Gasteiger partial charge on any atom is -0.383 e. The number of guanidine groups is 1. The van der Waals surface area contributed by atoms with Gasteiger partial charge in [-0.15, -0.1) is 24.0 Å². The maximum absolute atomic E-state index is 6.04. The van der Waals surface area contributed by atoms with Gasteiger partial charge in [-0.3, -0.25) is 4.99 Å². The van der Waals surface area contributed by atoms with E-state index in [2.05, 4.69) is 25.9 Å². The lowest BCUT2D eigenvalue weighted by Crippen LogP contribution is -2.44. The second-order valence-electron chi connectivity index (χ2n) is 4.67. The predicted octanol–water partition coefficient (Wildman–Crippen LogP) is 3.01. The van der Waals surface area contributed by atoms with Crippen LogP contribution in [0.25, 0.3) is 0 Å². The number of aliphatic imine (C=N–C) groups is 1. The number of methoxy groups -OCH3 is 1. The number of rotatable bonds is 8. The number of aromatic nitrogens is 1. The van der Waals surface area contributed by atoms with Gasteiger partial charge in [0.15, 0.2) is 5.96 Å². The number of pyridine rings is 1. The fraction of sp³-hybridized carbons (Fsp3) is 0.571. The summed E-state index contributed by atoms with van der Waals surface area (Å²) in [6, 6.07) is 1.84. The molecule has 1 heterocycles. The summed E-state index contributed by atoms with van der Waals surface area (Å²) in [5.74, 6) is 1.36. The average Bonchev–Trinajstić information content (AvgIpc) is 2.45. The van der Waals surface area contributed by atoms with Gasteiger partial charge in [-0.2, -0.15) is 0 Å². The number of ether oxygens (including phenoxy) is 1. The molecule has 0 aliphatic heterocycles. The second-order valence-corrected chi connectivity index (χ2v) is 5.52. The molecule has 0 saturated carbocycles. The van der Waals surface area contributed by atoms with E-state index in [0.29, 0.717) is 35.6 Å². The molecule has 0 bridgehead atoms. The third-order valence-electron chi connectivity index (χ3n) is 2.63. The largest absolute Gasteiger partial charge is 0.383 e. The maximum atomic E-state index is 6.04. The summed E-state index contributed by atoms with van der Waals surface area (Å²) < 4.78 is 5.10. The van der Waals surface area contributed by atoms with Gasteiger partial charge in [0.2, 0.25) is 0 Å². The Hall–Kier alpha value is -0.510.